The van der Waals surface area contributed by atoms with Crippen molar-refractivity contribution in [2.24, 2.45) is 0 Å². The standard InChI is InChI=1S/C17H16N2O2.CH4/c1-11-16(12-6-4-3-5-7-12)19-17(18-11)13-8-9-15(21-2)14(20)10-13;/h3-10,20H,1-2H3,(H,18,19);1H4. The van der Waals surface area contributed by atoms with E-state index in [-0.39, 0.29) is 13.2 Å². The first-order valence-electron chi connectivity index (χ1n) is 6.68. The van der Waals surface area contributed by atoms with Gasteiger partial charge in [-0.2, -0.15) is 0 Å². The van der Waals surface area contributed by atoms with Crippen LogP contribution in [-0.2, 0) is 0 Å². The fourth-order valence-corrected chi connectivity index (χ4v) is 2.31. The normalized spacial score (nSPS) is 10.1. The van der Waals surface area contributed by atoms with Gasteiger partial charge < -0.3 is 14.8 Å². The van der Waals surface area contributed by atoms with E-state index in [9.17, 15) is 5.11 Å². The first kappa shape index (κ1) is 15.6. The molecule has 1 heterocycles. The molecule has 4 heteroatoms. The van der Waals surface area contributed by atoms with Crippen molar-refractivity contribution in [2.75, 3.05) is 7.11 Å². The zero-order chi connectivity index (χ0) is 14.8. The molecule has 0 spiro atoms. The summed E-state index contributed by atoms with van der Waals surface area (Å²) in [5.41, 5.74) is 3.79. The summed E-state index contributed by atoms with van der Waals surface area (Å²) in [6.45, 7) is 1.99. The zero-order valence-electron chi connectivity index (χ0n) is 11.9. The monoisotopic (exact) mass is 296 g/mol. The summed E-state index contributed by atoms with van der Waals surface area (Å²) in [7, 11) is 1.53. The lowest BCUT2D eigenvalue weighted by atomic mass is 10.1. The minimum Gasteiger partial charge on any atom is -0.504 e. The molecule has 0 fully saturated rings. The molecule has 4 nitrogen and oxygen atoms in total. The average Bonchev–Trinajstić information content (AvgIpc) is 2.90. The third kappa shape index (κ3) is 2.81. The Balaban J connectivity index is 0.00000176. The van der Waals surface area contributed by atoms with Gasteiger partial charge in [0.2, 0.25) is 0 Å². The van der Waals surface area contributed by atoms with Crippen molar-refractivity contribution in [3.8, 4) is 34.1 Å². The van der Waals surface area contributed by atoms with Crippen molar-refractivity contribution < 1.29 is 9.84 Å². The molecule has 2 N–H and O–H groups in total. The molecule has 0 saturated carbocycles. The van der Waals surface area contributed by atoms with E-state index in [4.69, 9.17) is 4.74 Å². The van der Waals surface area contributed by atoms with E-state index in [0.717, 1.165) is 28.3 Å². The van der Waals surface area contributed by atoms with E-state index >= 15 is 0 Å². The van der Waals surface area contributed by atoms with Crippen LogP contribution in [0.15, 0.2) is 48.5 Å². The maximum Gasteiger partial charge on any atom is 0.160 e. The molecule has 0 saturated heterocycles. The zero-order valence-corrected chi connectivity index (χ0v) is 11.9. The van der Waals surface area contributed by atoms with Crippen molar-refractivity contribution in [1.29, 1.82) is 0 Å². The van der Waals surface area contributed by atoms with E-state index in [1.54, 1.807) is 12.1 Å². The van der Waals surface area contributed by atoms with Gasteiger partial charge >= 0.3 is 0 Å². The number of benzene rings is 2. The first-order valence-corrected chi connectivity index (χ1v) is 6.68. The first-order chi connectivity index (χ1) is 10.2. The van der Waals surface area contributed by atoms with Crippen LogP contribution in [0.2, 0.25) is 0 Å². The second-order valence-electron chi connectivity index (χ2n) is 4.81. The summed E-state index contributed by atoms with van der Waals surface area (Å²) < 4.78 is 5.05. The maximum absolute atomic E-state index is 9.88. The maximum atomic E-state index is 9.88. The van der Waals surface area contributed by atoms with Crippen LogP contribution in [0.4, 0.5) is 0 Å². The minimum absolute atomic E-state index is 0. The van der Waals surface area contributed by atoms with Gasteiger partial charge in [-0.3, -0.25) is 0 Å². The van der Waals surface area contributed by atoms with Crippen molar-refractivity contribution in [3.05, 3.63) is 54.2 Å². The predicted octanol–water partition coefficient (Wildman–Crippen LogP) is 4.40. The number of ether oxygens (including phenoxy) is 1. The highest BCUT2D eigenvalue weighted by Gasteiger charge is 2.12. The third-order valence-corrected chi connectivity index (χ3v) is 3.38. The van der Waals surface area contributed by atoms with Crippen LogP contribution in [0.5, 0.6) is 11.5 Å². The quantitative estimate of drug-likeness (QED) is 0.753. The molecule has 1 aromatic heterocycles. The number of nitrogens with one attached hydrogen (secondary N) is 1. The smallest absolute Gasteiger partial charge is 0.160 e. The summed E-state index contributed by atoms with van der Waals surface area (Å²) in [5, 5.41) is 9.88. The molecule has 0 atom stereocenters. The molecule has 0 bridgehead atoms. The number of aromatic amines is 1. The van der Waals surface area contributed by atoms with Gasteiger partial charge in [-0.1, -0.05) is 37.8 Å². The molecule has 0 amide bonds. The van der Waals surface area contributed by atoms with Gasteiger partial charge in [-0.15, -0.1) is 0 Å². The number of hydrogen-bond donors (Lipinski definition) is 2. The Morgan fingerprint density at radius 1 is 1.05 bits per heavy atom. The lowest BCUT2D eigenvalue weighted by molar-refractivity contribution is 0.373. The van der Waals surface area contributed by atoms with Gasteiger partial charge in [0.15, 0.2) is 11.5 Å². The number of aromatic nitrogens is 2. The molecule has 0 radical (unpaired) electrons. The largest absolute Gasteiger partial charge is 0.504 e. The number of phenolic OH excluding ortho intramolecular Hbond substituents is 1. The van der Waals surface area contributed by atoms with Gasteiger partial charge in [-0.25, -0.2) is 4.98 Å². The van der Waals surface area contributed by atoms with Gasteiger partial charge in [0.25, 0.3) is 0 Å². The Labute approximate surface area is 130 Å². The van der Waals surface area contributed by atoms with Gasteiger partial charge in [0.05, 0.1) is 12.8 Å². The average molecular weight is 296 g/mol. The van der Waals surface area contributed by atoms with E-state index in [1.165, 1.54) is 7.11 Å². The van der Waals surface area contributed by atoms with Crippen molar-refractivity contribution >= 4 is 0 Å². The molecule has 0 aliphatic rings. The molecule has 2 aromatic carbocycles. The molecule has 0 aliphatic heterocycles. The lowest BCUT2D eigenvalue weighted by Gasteiger charge is -2.04. The lowest BCUT2D eigenvalue weighted by Crippen LogP contribution is -1.86. The molecular weight excluding hydrogens is 276 g/mol. The highest BCUT2D eigenvalue weighted by molar-refractivity contribution is 5.68. The Morgan fingerprint density at radius 3 is 2.41 bits per heavy atom. The van der Waals surface area contributed by atoms with Crippen LogP contribution in [0, 0.1) is 6.92 Å². The van der Waals surface area contributed by atoms with Crippen LogP contribution in [-0.4, -0.2) is 22.2 Å². The second-order valence-corrected chi connectivity index (χ2v) is 4.81. The van der Waals surface area contributed by atoms with E-state index in [2.05, 4.69) is 9.97 Å². The Morgan fingerprint density at radius 2 is 1.77 bits per heavy atom. The molecule has 3 aromatic rings. The van der Waals surface area contributed by atoms with Gasteiger partial charge in [-0.05, 0) is 25.1 Å². The fourth-order valence-electron chi connectivity index (χ4n) is 2.31. The summed E-state index contributed by atoms with van der Waals surface area (Å²) in [4.78, 5) is 7.90. The fraction of sp³-hybridized carbons (Fsp3) is 0.167. The molecule has 0 aliphatic carbocycles. The molecule has 0 unspecified atom stereocenters. The van der Waals surface area contributed by atoms with Crippen molar-refractivity contribution in [1.82, 2.24) is 9.97 Å². The van der Waals surface area contributed by atoms with E-state index < -0.39 is 0 Å². The number of nitrogens with zero attached hydrogens (tertiary/aromatic N) is 1. The molecule has 3 rings (SSSR count). The van der Waals surface area contributed by atoms with Crippen molar-refractivity contribution in [3.63, 3.8) is 0 Å². The molecular formula is C18H20N2O2. The number of hydrogen-bond acceptors (Lipinski definition) is 3. The van der Waals surface area contributed by atoms with Crippen LogP contribution in [0.3, 0.4) is 0 Å². The van der Waals surface area contributed by atoms with Gasteiger partial charge in [0, 0.05) is 16.8 Å². The Bertz CT molecular complexity index is 764. The summed E-state index contributed by atoms with van der Waals surface area (Å²) in [5.74, 6) is 1.28. The summed E-state index contributed by atoms with van der Waals surface area (Å²) >= 11 is 0. The number of H-pyrrole nitrogens is 1. The highest BCUT2D eigenvalue weighted by Crippen LogP contribution is 2.32. The van der Waals surface area contributed by atoms with Crippen LogP contribution >= 0.6 is 0 Å². The predicted molar refractivity (Wildman–Crippen MR) is 89.1 cm³/mol. The second kappa shape index (κ2) is 6.35. The topological polar surface area (TPSA) is 58.1 Å². The number of methoxy groups -OCH3 is 1. The Hall–Kier alpha value is -2.75. The van der Waals surface area contributed by atoms with Gasteiger partial charge in [0.1, 0.15) is 5.82 Å². The Kier molecular flexibility index (Phi) is 4.51. The van der Waals surface area contributed by atoms with Crippen LogP contribution in [0.1, 0.15) is 13.1 Å². The number of aryl methyl sites for hydroxylation is 1. The number of aromatic hydroxyl groups is 1. The summed E-state index contributed by atoms with van der Waals surface area (Å²) in [6.07, 6.45) is 0. The number of imidazole rings is 1. The number of phenols is 1. The van der Waals surface area contributed by atoms with E-state index in [0.29, 0.717) is 5.75 Å². The minimum atomic E-state index is 0. The van der Waals surface area contributed by atoms with Crippen LogP contribution < -0.4 is 4.74 Å². The summed E-state index contributed by atoms with van der Waals surface area (Å²) in [6, 6.07) is 15.2. The molecule has 114 valence electrons. The number of rotatable bonds is 3. The highest BCUT2D eigenvalue weighted by atomic mass is 16.5. The van der Waals surface area contributed by atoms with E-state index in [1.807, 2.05) is 43.3 Å². The van der Waals surface area contributed by atoms with Crippen LogP contribution in [0.25, 0.3) is 22.6 Å². The third-order valence-electron chi connectivity index (χ3n) is 3.38. The SMILES string of the molecule is C.COc1ccc(-c2nc(-c3ccccc3)c(C)[nH]2)cc1O. The van der Waals surface area contributed by atoms with Crippen molar-refractivity contribution in [2.45, 2.75) is 14.4 Å². The molecule has 22 heavy (non-hydrogen) atoms.